The monoisotopic (exact) mass is 244 g/mol. The minimum Gasteiger partial charge on any atom is -0.383 e. The number of nitrogens with zero attached hydrogens (tertiary/aromatic N) is 1. The van der Waals surface area contributed by atoms with E-state index in [0.29, 0.717) is 13.2 Å². The van der Waals surface area contributed by atoms with Gasteiger partial charge in [0.1, 0.15) is 0 Å². The van der Waals surface area contributed by atoms with Crippen molar-refractivity contribution in [1.82, 2.24) is 4.90 Å². The van der Waals surface area contributed by atoms with E-state index in [0.717, 1.165) is 32.1 Å². The summed E-state index contributed by atoms with van der Waals surface area (Å²) in [6.07, 6.45) is 3.69. The second-order valence-electron chi connectivity index (χ2n) is 5.15. The average Bonchev–Trinajstić information content (AvgIpc) is 3.15. The molecule has 1 aliphatic carbocycles. The van der Waals surface area contributed by atoms with Gasteiger partial charge in [-0.15, -0.1) is 0 Å². The van der Waals surface area contributed by atoms with Gasteiger partial charge in [0.05, 0.1) is 18.8 Å². The predicted molar refractivity (Wildman–Crippen MR) is 70.1 cm³/mol. The van der Waals surface area contributed by atoms with Crippen molar-refractivity contribution >= 4 is 0 Å². The van der Waals surface area contributed by atoms with Crippen LogP contribution >= 0.6 is 0 Å². The molecule has 0 bridgehead atoms. The molecule has 0 heterocycles. The van der Waals surface area contributed by atoms with Gasteiger partial charge in [-0.1, -0.05) is 6.92 Å². The molecule has 0 aliphatic heterocycles. The van der Waals surface area contributed by atoms with Crippen molar-refractivity contribution in [2.45, 2.75) is 31.7 Å². The molecular formula is C13H28N2O2. The molecule has 0 saturated heterocycles. The van der Waals surface area contributed by atoms with Gasteiger partial charge >= 0.3 is 0 Å². The Morgan fingerprint density at radius 2 is 2.12 bits per heavy atom. The molecule has 0 aromatic rings. The third-order valence-corrected chi connectivity index (χ3v) is 3.88. The molecular weight excluding hydrogens is 216 g/mol. The topological polar surface area (TPSA) is 47.7 Å². The first-order chi connectivity index (χ1) is 8.18. The highest BCUT2D eigenvalue weighted by Gasteiger charge is 2.31. The van der Waals surface area contributed by atoms with Gasteiger partial charge < -0.3 is 15.2 Å². The second-order valence-corrected chi connectivity index (χ2v) is 5.15. The lowest BCUT2D eigenvalue weighted by Crippen LogP contribution is -2.55. The molecule has 102 valence electrons. The van der Waals surface area contributed by atoms with Gasteiger partial charge in [0.15, 0.2) is 0 Å². The maximum Gasteiger partial charge on any atom is 0.0658 e. The summed E-state index contributed by atoms with van der Waals surface area (Å²) in [5.74, 6) is 0.838. The van der Waals surface area contributed by atoms with Crippen LogP contribution in [0.25, 0.3) is 0 Å². The molecule has 2 N–H and O–H groups in total. The van der Waals surface area contributed by atoms with Crippen LogP contribution in [0.2, 0.25) is 0 Å². The van der Waals surface area contributed by atoms with E-state index in [1.807, 2.05) is 0 Å². The molecule has 1 fully saturated rings. The van der Waals surface area contributed by atoms with Gasteiger partial charge in [-0.25, -0.2) is 0 Å². The van der Waals surface area contributed by atoms with Crippen LogP contribution in [-0.2, 0) is 9.47 Å². The minimum atomic E-state index is -0.0440. The first-order valence-electron chi connectivity index (χ1n) is 6.66. The molecule has 1 atom stereocenters. The number of hydrogen-bond donors (Lipinski definition) is 1. The summed E-state index contributed by atoms with van der Waals surface area (Å²) in [5.41, 5.74) is 5.86. The standard InChI is InChI=1S/C13H28N2O2/c1-4-13(10-14,11-16-3)15(2)7-8-17-9-12-5-6-12/h12H,4-11,14H2,1-3H3. The lowest BCUT2D eigenvalue weighted by atomic mass is 9.95. The van der Waals surface area contributed by atoms with Crippen LogP contribution in [0.4, 0.5) is 0 Å². The second kappa shape index (κ2) is 7.31. The molecule has 1 aliphatic rings. The van der Waals surface area contributed by atoms with E-state index in [2.05, 4.69) is 18.9 Å². The van der Waals surface area contributed by atoms with Crippen molar-refractivity contribution in [3.05, 3.63) is 0 Å². The van der Waals surface area contributed by atoms with Crippen molar-refractivity contribution in [2.24, 2.45) is 11.7 Å². The zero-order valence-corrected chi connectivity index (χ0v) is 11.6. The molecule has 1 unspecified atom stereocenters. The van der Waals surface area contributed by atoms with Crippen LogP contribution in [0.1, 0.15) is 26.2 Å². The Morgan fingerprint density at radius 3 is 2.59 bits per heavy atom. The Kier molecular flexibility index (Phi) is 6.41. The minimum absolute atomic E-state index is 0.0440. The number of ether oxygens (including phenoxy) is 2. The zero-order valence-electron chi connectivity index (χ0n) is 11.6. The highest BCUT2D eigenvalue weighted by Crippen LogP contribution is 2.28. The van der Waals surface area contributed by atoms with Gasteiger partial charge in [0.2, 0.25) is 0 Å². The number of methoxy groups -OCH3 is 1. The molecule has 0 aromatic heterocycles. The van der Waals surface area contributed by atoms with E-state index in [1.54, 1.807) is 7.11 Å². The fraction of sp³-hybridized carbons (Fsp3) is 1.00. The van der Waals surface area contributed by atoms with Crippen molar-refractivity contribution in [1.29, 1.82) is 0 Å². The molecule has 4 nitrogen and oxygen atoms in total. The maximum atomic E-state index is 5.91. The summed E-state index contributed by atoms with van der Waals surface area (Å²) in [6.45, 7) is 6.10. The first kappa shape index (κ1) is 14.9. The molecule has 1 rings (SSSR count). The van der Waals surface area contributed by atoms with E-state index in [4.69, 9.17) is 15.2 Å². The Bertz CT molecular complexity index is 204. The van der Waals surface area contributed by atoms with E-state index < -0.39 is 0 Å². The summed E-state index contributed by atoms with van der Waals surface area (Å²) in [7, 11) is 3.84. The summed E-state index contributed by atoms with van der Waals surface area (Å²) in [5, 5.41) is 0. The van der Waals surface area contributed by atoms with Gasteiger partial charge in [-0.3, -0.25) is 4.90 Å². The summed E-state index contributed by atoms with van der Waals surface area (Å²) >= 11 is 0. The average molecular weight is 244 g/mol. The largest absolute Gasteiger partial charge is 0.383 e. The van der Waals surface area contributed by atoms with Crippen molar-refractivity contribution < 1.29 is 9.47 Å². The van der Waals surface area contributed by atoms with Crippen molar-refractivity contribution in [3.8, 4) is 0 Å². The van der Waals surface area contributed by atoms with Crippen molar-refractivity contribution in [2.75, 3.05) is 47.1 Å². The fourth-order valence-electron chi connectivity index (χ4n) is 2.08. The van der Waals surface area contributed by atoms with Gasteiger partial charge in [-0.05, 0) is 32.2 Å². The molecule has 0 radical (unpaired) electrons. The van der Waals surface area contributed by atoms with Gasteiger partial charge in [-0.2, -0.15) is 0 Å². The fourth-order valence-corrected chi connectivity index (χ4v) is 2.08. The van der Waals surface area contributed by atoms with Crippen molar-refractivity contribution in [3.63, 3.8) is 0 Å². The van der Waals surface area contributed by atoms with Crippen LogP contribution in [0, 0.1) is 5.92 Å². The highest BCUT2D eigenvalue weighted by atomic mass is 16.5. The SMILES string of the molecule is CCC(CN)(COC)N(C)CCOCC1CC1. The summed E-state index contributed by atoms with van der Waals surface area (Å²) in [6, 6.07) is 0. The van der Waals surface area contributed by atoms with E-state index in [-0.39, 0.29) is 5.54 Å². The van der Waals surface area contributed by atoms with E-state index in [9.17, 15) is 0 Å². The predicted octanol–water partition coefficient (Wildman–Crippen LogP) is 1.10. The quantitative estimate of drug-likeness (QED) is 0.585. The van der Waals surface area contributed by atoms with Crippen LogP contribution in [0.5, 0.6) is 0 Å². The number of nitrogens with two attached hydrogens (primary N) is 1. The Morgan fingerprint density at radius 1 is 1.41 bits per heavy atom. The van der Waals surface area contributed by atoms with E-state index in [1.165, 1.54) is 12.8 Å². The number of likely N-dealkylation sites (N-methyl/N-ethyl adjacent to an activating group) is 1. The third kappa shape index (κ3) is 4.54. The van der Waals surface area contributed by atoms with Crippen LogP contribution in [0.15, 0.2) is 0 Å². The Labute approximate surface area is 105 Å². The lowest BCUT2D eigenvalue weighted by molar-refractivity contribution is 0.00780. The zero-order chi connectivity index (χ0) is 12.7. The van der Waals surface area contributed by atoms with Crippen LogP contribution < -0.4 is 5.73 Å². The molecule has 17 heavy (non-hydrogen) atoms. The summed E-state index contributed by atoms with van der Waals surface area (Å²) in [4.78, 5) is 2.28. The van der Waals surface area contributed by atoms with E-state index >= 15 is 0 Å². The van der Waals surface area contributed by atoms with Gasteiger partial charge in [0.25, 0.3) is 0 Å². The Hall–Kier alpha value is -0.160. The molecule has 0 spiro atoms. The smallest absolute Gasteiger partial charge is 0.0658 e. The number of hydrogen-bond acceptors (Lipinski definition) is 4. The number of rotatable bonds is 10. The van der Waals surface area contributed by atoms with Gasteiger partial charge in [0, 0.05) is 26.8 Å². The lowest BCUT2D eigenvalue weighted by Gasteiger charge is -2.40. The normalized spacial score (nSPS) is 19.6. The summed E-state index contributed by atoms with van der Waals surface area (Å²) < 4.78 is 11.0. The molecule has 0 aromatic carbocycles. The molecule has 1 saturated carbocycles. The Balaban J connectivity index is 2.26. The van der Waals surface area contributed by atoms with Crippen LogP contribution in [0.3, 0.4) is 0 Å². The molecule has 0 amide bonds. The highest BCUT2D eigenvalue weighted by molar-refractivity contribution is 4.89. The first-order valence-corrected chi connectivity index (χ1v) is 6.66. The van der Waals surface area contributed by atoms with Crippen LogP contribution in [-0.4, -0.2) is 57.5 Å². The maximum absolute atomic E-state index is 5.91. The third-order valence-electron chi connectivity index (χ3n) is 3.88. The molecule has 4 heteroatoms.